The monoisotopic (exact) mass is 448 g/mol. The number of rotatable bonds is 5. The average Bonchev–Trinajstić information content (AvgIpc) is 3.47. The Morgan fingerprint density at radius 3 is 2.62 bits per heavy atom. The van der Waals surface area contributed by atoms with E-state index in [4.69, 9.17) is 9.51 Å². The van der Waals surface area contributed by atoms with Crippen LogP contribution >= 0.6 is 0 Å². The van der Waals surface area contributed by atoms with E-state index in [-0.39, 0.29) is 12.3 Å². The number of aromatic nitrogens is 5. The fourth-order valence-corrected chi connectivity index (χ4v) is 4.33. The number of carbonyl (C=O) groups is 1. The van der Waals surface area contributed by atoms with Crippen LogP contribution in [-0.2, 0) is 11.2 Å². The van der Waals surface area contributed by atoms with E-state index in [1.54, 1.807) is 6.20 Å². The van der Waals surface area contributed by atoms with Gasteiger partial charge in [0, 0.05) is 29.8 Å². The van der Waals surface area contributed by atoms with Gasteiger partial charge in [0.2, 0.25) is 17.6 Å². The summed E-state index contributed by atoms with van der Waals surface area (Å²) in [5.74, 6) is 1.54. The molecule has 2 aromatic carbocycles. The van der Waals surface area contributed by atoms with Crippen molar-refractivity contribution in [2.75, 3.05) is 5.32 Å². The Labute approximate surface area is 194 Å². The summed E-state index contributed by atoms with van der Waals surface area (Å²) >= 11 is 0. The summed E-state index contributed by atoms with van der Waals surface area (Å²) in [6.07, 6.45) is 2.21. The number of hydrogen-bond donors (Lipinski definition) is 1. The molecule has 4 heterocycles. The molecular weight excluding hydrogens is 428 g/mol. The Balaban J connectivity index is 1.33. The van der Waals surface area contributed by atoms with Crippen molar-refractivity contribution in [1.82, 2.24) is 24.5 Å². The fourth-order valence-electron chi connectivity index (χ4n) is 4.33. The Bertz CT molecular complexity index is 1670. The topological polar surface area (TPSA) is 98.2 Å². The smallest absolute Gasteiger partial charge is 0.227 e. The summed E-state index contributed by atoms with van der Waals surface area (Å²) in [4.78, 5) is 26.4. The number of fused-ring (bicyclic) bond motifs is 5. The molecule has 8 nitrogen and oxygen atoms in total. The number of hydrogen-bond acceptors (Lipinski definition) is 6. The van der Waals surface area contributed by atoms with Crippen LogP contribution in [0.2, 0.25) is 0 Å². The third kappa shape index (κ3) is 3.36. The second kappa shape index (κ2) is 8.08. The summed E-state index contributed by atoms with van der Waals surface area (Å²) in [6.45, 7) is 1.98. The van der Waals surface area contributed by atoms with Crippen molar-refractivity contribution >= 4 is 38.9 Å². The molecule has 0 saturated carbocycles. The van der Waals surface area contributed by atoms with Crippen molar-refractivity contribution in [3.8, 4) is 11.5 Å². The molecule has 0 atom stereocenters. The Morgan fingerprint density at radius 2 is 1.76 bits per heavy atom. The Morgan fingerprint density at radius 1 is 0.971 bits per heavy atom. The first-order valence-corrected chi connectivity index (χ1v) is 11.0. The summed E-state index contributed by atoms with van der Waals surface area (Å²) in [6, 6.07) is 21.5. The zero-order chi connectivity index (χ0) is 23.1. The van der Waals surface area contributed by atoms with Crippen molar-refractivity contribution in [1.29, 1.82) is 0 Å². The zero-order valence-corrected chi connectivity index (χ0v) is 18.4. The molecular formula is C26H20N6O2. The van der Waals surface area contributed by atoms with Gasteiger partial charge in [-0.05, 0) is 31.2 Å². The van der Waals surface area contributed by atoms with Gasteiger partial charge in [0.1, 0.15) is 11.5 Å². The first-order valence-electron chi connectivity index (χ1n) is 11.0. The maximum Gasteiger partial charge on any atom is 0.227 e. The predicted molar refractivity (Wildman–Crippen MR) is 129 cm³/mol. The van der Waals surface area contributed by atoms with Crippen LogP contribution < -0.4 is 5.32 Å². The Kier molecular flexibility index (Phi) is 4.76. The lowest BCUT2D eigenvalue weighted by molar-refractivity contribution is -0.116. The molecule has 1 N–H and O–H groups in total. The molecule has 0 bridgehead atoms. The number of pyridine rings is 1. The average molecular weight is 448 g/mol. The van der Waals surface area contributed by atoms with Crippen molar-refractivity contribution in [3.63, 3.8) is 0 Å². The van der Waals surface area contributed by atoms with Crippen molar-refractivity contribution in [3.05, 3.63) is 84.6 Å². The summed E-state index contributed by atoms with van der Waals surface area (Å²) < 4.78 is 7.43. The van der Waals surface area contributed by atoms with E-state index in [9.17, 15) is 4.79 Å². The van der Waals surface area contributed by atoms with Crippen LogP contribution in [0.4, 0.5) is 5.69 Å². The molecule has 0 saturated heterocycles. The minimum absolute atomic E-state index is 0.130. The molecule has 0 fully saturated rings. The molecule has 0 aliphatic carbocycles. The highest BCUT2D eigenvalue weighted by Gasteiger charge is 2.19. The lowest BCUT2D eigenvalue weighted by atomic mass is 10.1. The molecule has 4 aromatic heterocycles. The molecule has 166 valence electrons. The van der Waals surface area contributed by atoms with Crippen molar-refractivity contribution < 1.29 is 9.32 Å². The zero-order valence-electron chi connectivity index (χ0n) is 18.4. The van der Waals surface area contributed by atoms with E-state index in [1.165, 1.54) is 0 Å². The number of aryl methyl sites for hydroxylation is 2. The fraction of sp³-hybridized carbons (Fsp3) is 0.115. The van der Waals surface area contributed by atoms with Gasteiger partial charge in [-0.3, -0.25) is 14.2 Å². The van der Waals surface area contributed by atoms with Gasteiger partial charge in [-0.2, -0.15) is 4.98 Å². The maximum atomic E-state index is 13.0. The SMILES string of the molecule is Cc1nc2ccccc2c2c(NC(=O)CCc3nc(-c4ccccn4)no3)c3ccccc3n12. The summed E-state index contributed by atoms with van der Waals surface area (Å²) in [5, 5.41) is 9.07. The van der Waals surface area contributed by atoms with E-state index in [0.29, 0.717) is 23.8 Å². The highest BCUT2D eigenvalue weighted by atomic mass is 16.5. The van der Waals surface area contributed by atoms with Crippen LogP contribution in [-0.4, -0.2) is 30.4 Å². The first kappa shape index (κ1) is 20.0. The minimum Gasteiger partial charge on any atom is -0.339 e. The lowest BCUT2D eigenvalue weighted by Crippen LogP contribution is -2.12. The van der Waals surface area contributed by atoms with Gasteiger partial charge in [-0.25, -0.2) is 4.98 Å². The van der Waals surface area contributed by atoms with Crippen LogP contribution in [0.25, 0.3) is 38.8 Å². The van der Waals surface area contributed by atoms with Crippen LogP contribution in [0, 0.1) is 6.92 Å². The number of amides is 1. The molecule has 0 unspecified atom stereocenters. The van der Waals surface area contributed by atoms with Crippen LogP contribution in [0.1, 0.15) is 18.1 Å². The van der Waals surface area contributed by atoms with Crippen LogP contribution in [0.3, 0.4) is 0 Å². The molecule has 0 aliphatic rings. The maximum absolute atomic E-state index is 13.0. The number of benzene rings is 2. The van der Waals surface area contributed by atoms with Crippen molar-refractivity contribution in [2.45, 2.75) is 19.8 Å². The Hall–Kier alpha value is -4.59. The highest BCUT2D eigenvalue weighted by molar-refractivity contribution is 6.16. The number of anilines is 1. The number of carbonyl (C=O) groups excluding carboxylic acids is 1. The van der Waals surface area contributed by atoms with Gasteiger partial charge in [-0.15, -0.1) is 0 Å². The van der Waals surface area contributed by atoms with Crippen LogP contribution in [0.15, 0.2) is 77.4 Å². The molecule has 0 radical (unpaired) electrons. The van der Waals surface area contributed by atoms with E-state index in [1.807, 2.05) is 73.7 Å². The van der Waals surface area contributed by atoms with Gasteiger partial charge in [0.25, 0.3) is 0 Å². The second-order valence-corrected chi connectivity index (χ2v) is 8.03. The molecule has 6 rings (SSSR count). The van der Waals surface area contributed by atoms with Gasteiger partial charge < -0.3 is 9.84 Å². The third-order valence-electron chi connectivity index (χ3n) is 5.83. The molecule has 0 spiro atoms. The summed E-state index contributed by atoms with van der Waals surface area (Å²) in [5.41, 5.74) is 4.23. The standard InChI is InChI=1S/C26H20N6O2/c1-16-28-19-10-4-2-8-17(19)25-24(18-9-3-5-12-21(18)32(16)25)29-22(33)13-14-23-30-26(31-34-23)20-11-6-7-15-27-20/h2-12,15H,13-14H2,1H3,(H,29,33). The van der Waals surface area contributed by atoms with E-state index in [0.717, 1.165) is 38.8 Å². The molecule has 6 aromatic rings. The normalized spacial score (nSPS) is 11.4. The number of nitrogens with zero attached hydrogens (tertiary/aromatic N) is 5. The minimum atomic E-state index is -0.130. The van der Waals surface area contributed by atoms with Gasteiger partial charge >= 0.3 is 0 Å². The largest absolute Gasteiger partial charge is 0.339 e. The predicted octanol–water partition coefficient (Wildman–Crippen LogP) is 4.97. The lowest BCUT2D eigenvalue weighted by Gasteiger charge is -2.09. The summed E-state index contributed by atoms with van der Waals surface area (Å²) in [7, 11) is 0. The molecule has 34 heavy (non-hydrogen) atoms. The molecule has 1 amide bonds. The quantitative estimate of drug-likeness (QED) is 0.400. The van der Waals surface area contributed by atoms with E-state index in [2.05, 4.69) is 24.8 Å². The first-order chi connectivity index (χ1) is 16.7. The van der Waals surface area contributed by atoms with Crippen LogP contribution in [0.5, 0.6) is 0 Å². The second-order valence-electron chi connectivity index (χ2n) is 8.03. The highest BCUT2D eigenvalue weighted by Crippen LogP contribution is 2.36. The van der Waals surface area contributed by atoms with E-state index < -0.39 is 0 Å². The molecule has 8 heteroatoms. The van der Waals surface area contributed by atoms with Gasteiger partial charge in [0.05, 0.1) is 22.2 Å². The number of para-hydroxylation sites is 2. The van der Waals surface area contributed by atoms with E-state index >= 15 is 0 Å². The van der Waals surface area contributed by atoms with Crippen molar-refractivity contribution in [2.24, 2.45) is 0 Å². The van der Waals surface area contributed by atoms with Gasteiger partial charge in [-0.1, -0.05) is 47.6 Å². The third-order valence-corrected chi connectivity index (χ3v) is 5.83. The van der Waals surface area contributed by atoms with Gasteiger partial charge in [0.15, 0.2) is 0 Å². The number of nitrogens with one attached hydrogen (secondary N) is 1. The molecule has 0 aliphatic heterocycles.